The van der Waals surface area contributed by atoms with Crippen LogP contribution in [0.3, 0.4) is 0 Å². The Morgan fingerprint density at radius 2 is 2.06 bits per heavy atom. The monoisotopic (exact) mass is 248 g/mol. The maximum atomic E-state index is 6.28. The van der Waals surface area contributed by atoms with Crippen molar-refractivity contribution in [3.63, 3.8) is 0 Å². The lowest BCUT2D eigenvalue weighted by Gasteiger charge is -2.29. The first-order valence-electron chi connectivity index (χ1n) is 6.13. The van der Waals surface area contributed by atoms with Crippen LogP contribution in [0.1, 0.15) is 32.2 Å². The highest BCUT2D eigenvalue weighted by molar-refractivity contribution is 7.18. The van der Waals surface area contributed by atoms with Gasteiger partial charge in [0, 0.05) is 12.5 Å². The van der Waals surface area contributed by atoms with Gasteiger partial charge in [-0.05, 0) is 24.0 Å². The Labute approximate surface area is 107 Å². The molecule has 17 heavy (non-hydrogen) atoms. The highest BCUT2D eigenvalue weighted by Gasteiger charge is 2.25. The third kappa shape index (κ3) is 2.67. The third-order valence-electron chi connectivity index (χ3n) is 3.65. The minimum Gasteiger partial charge on any atom is -0.327 e. The molecule has 0 aliphatic carbocycles. The molecule has 2 N–H and O–H groups in total. The van der Waals surface area contributed by atoms with Crippen LogP contribution in [0.15, 0.2) is 24.3 Å². The molecule has 1 heterocycles. The minimum atomic E-state index is 0.174. The fourth-order valence-electron chi connectivity index (χ4n) is 1.73. The summed E-state index contributed by atoms with van der Waals surface area (Å²) in [5, 5.41) is 1.15. The molecule has 1 unspecified atom stereocenters. The second-order valence-corrected chi connectivity index (χ2v) is 6.34. The number of nitrogens with zero attached hydrogens (tertiary/aromatic N) is 1. The maximum absolute atomic E-state index is 6.28. The van der Waals surface area contributed by atoms with Crippen LogP contribution in [-0.2, 0) is 6.42 Å². The predicted molar refractivity (Wildman–Crippen MR) is 75.4 cm³/mol. The van der Waals surface area contributed by atoms with Crippen LogP contribution < -0.4 is 5.73 Å². The largest absolute Gasteiger partial charge is 0.327 e. The van der Waals surface area contributed by atoms with Gasteiger partial charge in [0.2, 0.25) is 0 Å². The molecule has 3 heteroatoms. The SMILES string of the molecule is CCC(C)(C)C(N)Cc1nc2ccccc2s1. The molecule has 0 saturated carbocycles. The van der Waals surface area contributed by atoms with Crippen LogP contribution in [0.4, 0.5) is 0 Å². The molecule has 0 amide bonds. The molecule has 0 saturated heterocycles. The number of fused-ring (bicyclic) bond motifs is 1. The standard InChI is InChI=1S/C14H20N2S/c1-4-14(2,3)12(15)9-13-16-10-7-5-6-8-11(10)17-13/h5-8,12H,4,9,15H2,1-3H3. The summed E-state index contributed by atoms with van der Waals surface area (Å²) in [5.41, 5.74) is 7.55. The van der Waals surface area contributed by atoms with Crippen molar-refractivity contribution in [3.05, 3.63) is 29.3 Å². The Hall–Kier alpha value is -0.930. The van der Waals surface area contributed by atoms with Gasteiger partial charge < -0.3 is 5.73 Å². The van der Waals surface area contributed by atoms with Crippen molar-refractivity contribution in [1.29, 1.82) is 0 Å². The third-order valence-corrected chi connectivity index (χ3v) is 4.71. The molecule has 92 valence electrons. The topological polar surface area (TPSA) is 38.9 Å². The van der Waals surface area contributed by atoms with E-state index in [1.54, 1.807) is 11.3 Å². The summed E-state index contributed by atoms with van der Waals surface area (Å²) in [6.45, 7) is 6.65. The molecule has 0 radical (unpaired) electrons. The molecule has 2 aromatic rings. The Bertz CT molecular complexity index is 469. The molecular weight excluding hydrogens is 228 g/mol. The number of nitrogens with two attached hydrogens (primary N) is 1. The fraction of sp³-hybridized carbons (Fsp3) is 0.500. The van der Waals surface area contributed by atoms with Crippen LogP contribution in [0.2, 0.25) is 0 Å². The predicted octanol–water partition coefficient (Wildman–Crippen LogP) is 3.60. The number of aromatic nitrogens is 1. The van der Waals surface area contributed by atoms with E-state index in [-0.39, 0.29) is 11.5 Å². The van der Waals surface area contributed by atoms with Gasteiger partial charge in [0.05, 0.1) is 15.2 Å². The average Bonchev–Trinajstić information content (AvgIpc) is 2.70. The van der Waals surface area contributed by atoms with Crippen LogP contribution in [0.5, 0.6) is 0 Å². The van der Waals surface area contributed by atoms with Gasteiger partial charge in [-0.15, -0.1) is 11.3 Å². The van der Waals surface area contributed by atoms with E-state index in [2.05, 4.69) is 44.0 Å². The van der Waals surface area contributed by atoms with Crippen molar-refractivity contribution in [2.24, 2.45) is 11.1 Å². The Kier molecular flexibility index (Phi) is 3.50. The minimum absolute atomic E-state index is 0.174. The molecule has 0 aliphatic heterocycles. The van der Waals surface area contributed by atoms with Crippen molar-refractivity contribution in [2.45, 2.75) is 39.7 Å². The Morgan fingerprint density at radius 1 is 1.35 bits per heavy atom. The fourth-order valence-corrected chi connectivity index (χ4v) is 2.76. The molecule has 0 spiro atoms. The second kappa shape index (κ2) is 4.75. The summed E-state index contributed by atoms with van der Waals surface area (Å²) in [5.74, 6) is 0. The lowest BCUT2D eigenvalue weighted by Crippen LogP contribution is -2.38. The summed E-state index contributed by atoms with van der Waals surface area (Å²) in [4.78, 5) is 4.64. The van der Waals surface area contributed by atoms with Gasteiger partial charge >= 0.3 is 0 Å². The number of hydrogen-bond donors (Lipinski definition) is 1. The van der Waals surface area contributed by atoms with E-state index < -0.39 is 0 Å². The number of rotatable bonds is 4. The molecule has 0 fully saturated rings. The molecule has 1 aromatic heterocycles. The molecule has 1 aromatic carbocycles. The van der Waals surface area contributed by atoms with Gasteiger partial charge in [-0.1, -0.05) is 32.9 Å². The zero-order valence-electron chi connectivity index (χ0n) is 10.7. The van der Waals surface area contributed by atoms with Crippen molar-refractivity contribution in [3.8, 4) is 0 Å². The van der Waals surface area contributed by atoms with Crippen molar-refractivity contribution in [2.75, 3.05) is 0 Å². The number of benzene rings is 1. The van der Waals surface area contributed by atoms with Crippen molar-refractivity contribution in [1.82, 2.24) is 4.98 Å². The first-order valence-corrected chi connectivity index (χ1v) is 6.94. The first kappa shape index (κ1) is 12.5. The summed E-state index contributed by atoms with van der Waals surface area (Å²) >= 11 is 1.76. The molecule has 2 rings (SSSR count). The number of para-hydroxylation sites is 1. The molecule has 0 bridgehead atoms. The summed E-state index contributed by atoms with van der Waals surface area (Å²) in [6, 6.07) is 8.44. The van der Waals surface area contributed by atoms with E-state index in [0.29, 0.717) is 0 Å². The average molecular weight is 248 g/mol. The zero-order valence-corrected chi connectivity index (χ0v) is 11.6. The van der Waals surface area contributed by atoms with Gasteiger partial charge in [-0.2, -0.15) is 0 Å². The van der Waals surface area contributed by atoms with E-state index in [1.807, 2.05) is 6.07 Å². The van der Waals surface area contributed by atoms with Crippen LogP contribution >= 0.6 is 11.3 Å². The van der Waals surface area contributed by atoms with Gasteiger partial charge in [-0.3, -0.25) is 0 Å². The lowest BCUT2D eigenvalue weighted by atomic mass is 9.81. The highest BCUT2D eigenvalue weighted by Crippen LogP contribution is 2.28. The van der Waals surface area contributed by atoms with E-state index in [4.69, 9.17) is 5.73 Å². The first-order chi connectivity index (χ1) is 8.03. The maximum Gasteiger partial charge on any atom is 0.0954 e. The smallest absolute Gasteiger partial charge is 0.0954 e. The number of hydrogen-bond acceptors (Lipinski definition) is 3. The Balaban J connectivity index is 2.18. The molecule has 2 nitrogen and oxygen atoms in total. The van der Waals surface area contributed by atoms with Crippen LogP contribution in [0, 0.1) is 5.41 Å². The lowest BCUT2D eigenvalue weighted by molar-refractivity contribution is 0.272. The van der Waals surface area contributed by atoms with E-state index in [1.165, 1.54) is 4.70 Å². The molecular formula is C14H20N2S. The molecule has 0 aliphatic rings. The van der Waals surface area contributed by atoms with Gasteiger partial charge in [0.1, 0.15) is 0 Å². The Morgan fingerprint density at radius 3 is 2.71 bits per heavy atom. The van der Waals surface area contributed by atoms with E-state index in [0.717, 1.165) is 23.4 Å². The van der Waals surface area contributed by atoms with Gasteiger partial charge in [0.25, 0.3) is 0 Å². The van der Waals surface area contributed by atoms with Crippen LogP contribution in [0.25, 0.3) is 10.2 Å². The van der Waals surface area contributed by atoms with Gasteiger partial charge in [0.15, 0.2) is 0 Å². The highest BCUT2D eigenvalue weighted by atomic mass is 32.1. The normalized spacial score (nSPS) is 14.1. The quantitative estimate of drug-likeness (QED) is 0.898. The van der Waals surface area contributed by atoms with Crippen molar-refractivity contribution >= 4 is 21.6 Å². The molecule has 1 atom stereocenters. The van der Waals surface area contributed by atoms with Crippen LogP contribution in [-0.4, -0.2) is 11.0 Å². The summed E-state index contributed by atoms with van der Waals surface area (Å²) in [7, 11) is 0. The van der Waals surface area contributed by atoms with Crippen molar-refractivity contribution < 1.29 is 0 Å². The summed E-state index contributed by atoms with van der Waals surface area (Å²) in [6.07, 6.45) is 1.97. The summed E-state index contributed by atoms with van der Waals surface area (Å²) < 4.78 is 1.25. The van der Waals surface area contributed by atoms with E-state index in [9.17, 15) is 0 Å². The zero-order chi connectivity index (χ0) is 12.5. The van der Waals surface area contributed by atoms with Gasteiger partial charge in [-0.25, -0.2) is 4.98 Å². The number of thiazole rings is 1. The second-order valence-electron chi connectivity index (χ2n) is 5.23. The van der Waals surface area contributed by atoms with E-state index >= 15 is 0 Å².